The van der Waals surface area contributed by atoms with Crippen molar-refractivity contribution in [1.29, 1.82) is 0 Å². The highest BCUT2D eigenvalue weighted by molar-refractivity contribution is 5.83. The highest BCUT2D eigenvalue weighted by Crippen LogP contribution is 2.09. The fourth-order valence-electron chi connectivity index (χ4n) is 2.10. The second kappa shape index (κ2) is 8.72. The first-order valence-corrected chi connectivity index (χ1v) is 7.00. The van der Waals surface area contributed by atoms with Crippen LogP contribution in [-0.4, -0.2) is 20.6 Å². The van der Waals surface area contributed by atoms with Crippen LogP contribution in [-0.2, 0) is 6.54 Å². The lowest BCUT2D eigenvalue weighted by atomic mass is 10.1. The SMILES string of the molecule is CCCCCCCCCCn1ccnc1C(=O)O. The Hall–Kier alpha value is -1.32. The van der Waals surface area contributed by atoms with E-state index in [4.69, 9.17) is 5.11 Å². The third-order valence-electron chi connectivity index (χ3n) is 3.16. The Morgan fingerprint density at radius 1 is 1.17 bits per heavy atom. The molecule has 0 aromatic carbocycles. The lowest BCUT2D eigenvalue weighted by molar-refractivity contribution is 0.0678. The molecule has 0 fully saturated rings. The van der Waals surface area contributed by atoms with Crippen molar-refractivity contribution in [2.45, 2.75) is 64.8 Å². The van der Waals surface area contributed by atoms with Crippen molar-refractivity contribution < 1.29 is 9.90 Å². The van der Waals surface area contributed by atoms with Crippen LogP contribution < -0.4 is 0 Å². The molecule has 0 saturated heterocycles. The summed E-state index contributed by atoms with van der Waals surface area (Å²) < 4.78 is 1.72. The minimum atomic E-state index is -0.945. The molecule has 0 spiro atoms. The molecule has 1 aromatic heterocycles. The van der Waals surface area contributed by atoms with Gasteiger partial charge in [-0.2, -0.15) is 0 Å². The van der Waals surface area contributed by atoms with E-state index in [0.717, 1.165) is 13.0 Å². The molecule has 0 saturated carbocycles. The normalized spacial score (nSPS) is 10.7. The molecule has 1 N–H and O–H groups in total. The Bertz CT molecular complexity index is 347. The molecular weight excluding hydrogens is 228 g/mol. The minimum absolute atomic E-state index is 0.151. The molecule has 0 aliphatic carbocycles. The summed E-state index contributed by atoms with van der Waals surface area (Å²) in [5.74, 6) is -0.794. The van der Waals surface area contributed by atoms with Crippen LogP contribution in [0.15, 0.2) is 12.4 Å². The molecule has 0 radical (unpaired) electrons. The average Bonchev–Trinajstić information content (AvgIpc) is 2.81. The molecule has 0 aliphatic rings. The molecule has 0 aliphatic heterocycles. The highest BCUT2D eigenvalue weighted by atomic mass is 16.4. The Labute approximate surface area is 109 Å². The number of aryl methyl sites for hydroxylation is 1. The Morgan fingerprint density at radius 2 is 1.78 bits per heavy atom. The molecule has 1 aromatic rings. The fraction of sp³-hybridized carbons (Fsp3) is 0.714. The molecule has 0 bridgehead atoms. The maximum Gasteiger partial charge on any atom is 0.372 e. The lowest BCUT2D eigenvalue weighted by Crippen LogP contribution is -2.09. The van der Waals surface area contributed by atoms with E-state index in [9.17, 15) is 4.79 Å². The van der Waals surface area contributed by atoms with Gasteiger partial charge >= 0.3 is 5.97 Å². The van der Waals surface area contributed by atoms with Crippen molar-refractivity contribution in [3.8, 4) is 0 Å². The molecule has 0 amide bonds. The summed E-state index contributed by atoms with van der Waals surface area (Å²) >= 11 is 0. The molecule has 4 nitrogen and oxygen atoms in total. The van der Waals surface area contributed by atoms with Gasteiger partial charge in [0.05, 0.1) is 0 Å². The lowest BCUT2D eigenvalue weighted by Gasteiger charge is -2.05. The molecule has 0 unspecified atom stereocenters. The smallest absolute Gasteiger partial charge is 0.372 e. The van der Waals surface area contributed by atoms with E-state index in [0.29, 0.717) is 0 Å². The second-order valence-electron chi connectivity index (χ2n) is 4.72. The number of aromatic carboxylic acids is 1. The van der Waals surface area contributed by atoms with E-state index in [-0.39, 0.29) is 5.82 Å². The Kier molecular flexibility index (Phi) is 7.14. The standard InChI is InChI=1S/C14H24N2O2/c1-2-3-4-5-6-7-8-9-11-16-12-10-15-13(16)14(17)18/h10,12H,2-9,11H2,1H3,(H,17,18). The highest BCUT2D eigenvalue weighted by Gasteiger charge is 2.09. The van der Waals surface area contributed by atoms with Crippen LogP contribution in [0.25, 0.3) is 0 Å². The number of unbranched alkanes of at least 4 members (excludes halogenated alkanes) is 7. The number of rotatable bonds is 10. The zero-order chi connectivity index (χ0) is 13.2. The van der Waals surface area contributed by atoms with Crippen LogP contribution in [0.4, 0.5) is 0 Å². The first-order valence-electron chi connectivity index (χ1n) is 7.00. The van der Waals surface area contributed by atoms with E-state index in [1.807, 2.05) is 0 Å². The van der Waals surface area contributed by atoms with Crippen molar-refractivity contribution >= 4 is 5.97 Å². The maximum atomic E-state index is 10.8. The van der Waals surface area contributed by atoms with Crippen LogP contribution in [0.2, 0.25) is 0 Å². The van der Waals surface area contributed by atoms with Gasteiger partial charge in [-0.15, -0.1) is 0 Å². The summed E-state index contributed by atoms with van der Waals surface area (Å²) in [6.45, 7) is 2.99. The third kappa shape index (κ3) is 5.34. The van der Waals surface area contributed by atoms with Crippen molar-refractivity contribution in [3.63, 3.8) is 0 Å². The van der Waals surface area contributed by atoms with Crippen LogP contribution >= 0.6 is 0 Å². The van der Waals surface area contributed by atoms with Crippen LogP contribution in [0.1, 0.15) is 68.9 Å². The third-order valence-corrected chi connectivity index (χ3v) is 3.16. The van der Waals surface area contributed by atoms with Crippen molar-refractivity contribution in [2.75, 3.05) is 0 Å². The van der Waals surface area contributed by atoms with Gasteiger partial charge < -0.3 is 9.67 Å². The molecule has 102 valence electrons. The second-order valence-corrected chi connectivity index (χ2v) is 4.72. The van der Waals surface area contributed by atoms with E-state index in [2.05, 4.69) is 11.9 Å². The molecule has 0 atom stereocenters. The summed E-state index contributed by atoms with van der Waals surface area (Å²) in [4.78, 5) is 14.7. The van der Waals surface area contributed by atoms with E-state index >= 15 is 0 Å². The van der Waals surface area contributed by atoms with Gasteiger partial charge in [-0.05, 0) is 6.42 Å². The summed E-state index contributed by atoms with van der Waals surface area (Å²) in [5, 5.41) is 8.89. The van der Waals surface area contributed by atoms with E-state index in [1.54, 1.807) is 17.0 Å². The number of carboxylic acid groups (broad SMARTS) is 1. The van der Waals surface area contributed by atoms with Crippen LogP contribution in [0.5, 0.6) is 0 Å². The van der Waals surface area contributed by atoms with Gasteiger partial charge in [0.2, 0.25) is 5.82 Å². The van der Waals surface area contributed by atoms with Crippen molar-refractivity contribution in [1.82, 2.24) is 9.55 Å². The number of hydrogen-bond acceptors (Lipinski definition) is 2. The fourth-order valence-corrected chi connectivity index (χ4v) is 2.10. The number of aromatic nitrogens is 2. The Morgan fingerprint density at radius 3 is 2.39 bits per heavy atom. The monoisotopic (exact) mass is 252 g/mol. The van der Waals surface area contributed by atoms with Gasteiger partial charge in [0.15, 0.2) is 0 Å². The summed E-state index contributed by atoms with van der Waals surface area (Å²) in [5.41, 5.74) is 0. The van der Waals surface area contributed by atoms with E-state index in [1.165, 1.54) is 44.9 Å². The first kappa shape index (κ1) is 14.7. The Balaban J connectivity index is 2.07. The number of carboxylic acids is 1. The van der Waals surface area contributed by atoms with Gasteiger partial charge in [0.1, 0.15) is 0 Å². The summed E-state index contributed by atoms with van der Waals surface area (Å²) in [6, 6.07) is 0. The average molecular weight is 252 g/mol. The molecular formula is C14H24N2O2. The van der Waals surface area contributed by atoms with Gasteiger partial charge in [0.25, 0.3) is 0 Å². The van der Waals surface area contributed by atoms with Crippen LogP contribution in [0, 0.1) is 0 Å². The van der Waals surface area contributed by atoms with Gasteiger partial charge in [-0.25, -0.2) is 9.78 Å². The van der Waals surface area contributed by atoms with Gasteiger partial charge in [-0.1, -0.05) is 51.9 Å². The van der Waals surface area contributed by atoms with Crippen molar-refractivity contribution in [2.24, 2.45) is 0 Å². The number of nitrogens with zero attached hydrogens (tertiary/aromatic N) is 2. The molecule has 18 heavy (non-hydrogen) atoms. The number of carbonyl (C=O) groups is 1. The topological polar surface area (TPSA) is 55.1 Å². The minimum Gasteiger partial charge on any atom is -0.475 e. The number of imidazole rings is 1. The predicted molar refractivity (Wildman–Crippen MR) is 71.8 cm³/mol. The number of hydrogen-bond donors (Lipinski definition) is 1. The van der Waals surface area contributed by atoms with Crippen molar-refractivity contribution in [3.05, 3.63) is 18.2 Å². The molecule has 1 heterocycles. The summed E-state index contributed by atoms with van der Waals surface area (Å²) in [7, 11) is 0. The van der Waals surface area contributed by atoms with E-state index < -0.39 is 5.97 Å². The van der Waals surface area contributed by atoms with Gasteiger partial charge in [0, 0.05) is 18.9 Å². The zero-order valence-electron chi connectivity index (χ0n) is 11.3. The zero-order valence-corrected chi connectivity index (χ0v) is 11.3. The van der Waals surface area contributed by atoms with Gasteiger partial charge in [-0.3, -0.25) is 0 Å². The van der Waals surface area contributed by atoms with Crippen LogP contribution in [0.3, 0.4) is 0 Å². The maximum absolute atomic E-state index is 10.8. The predicted octanol–water partition coefficient (Wildman–Crippen LogP) is 3.72. The summed E-state index contributed by atoms with van der Waals surface area (Å²) in [6.07, 6.45) is 13.4. The molecule has 1 rings (SSSR count). The quantitative estimate of drug-likeness (QED) is 0.646. The first-order chi connectivity index (χ1) is 8.75. The largest absolute Gasteiger partial charge is 0.475 e. The molecule has 4 heteroatoms.